The summed E-state index contributed by atoms with van der Waals surface area (Å²) in [7, 11) is 0. The highest BCUT2D eigenvalue weighted by Crippen LogP contribution is 2.21. The van der Waals surface area contributed by atoms with Gasteiger partial charge in [0.05, 0.1) is 0 Å². The first-order chi connectivity index (χ1) is 10.8. The van der Waals surface area contributed by atoms with E-state index in [0.29, 0.717) is 11.6 Å². The lowest BCUT2D eigenvalue weighted by atomic mass is 10.1. The number of rotatable bonds is 5. The number of ether oxygens (including phenoxy) is 1. The highest BCUT2D eigenvalue weighted by atomic mass is 35.5. The third-order valence-electron chi connectivity index (χ3n) is 3.53. The Labute approximate surface area is 143 Å². The van der Waals surface area contributed by atoms with E-state index in [0.717, 1.165) is 31.8 Å². The summed E-state index contributed by atoms with van der Waals surface area (Å²) >= 11 is 5.97. The van der Waals surface area contributed by atoms with Crippen LogP contribution in [0.25, 0.3) is 0 Å². The fourth-order valence-corrected chi connectivity index (χ4v) is 2.72. The molecule has 1 unspecified atom stereocenters. The Morgan fingerprint density at radius 2 is 2.22 bits per heavy atom. The molecule has 128 valence electrons. The lowest BCUT2D eigenvalue weighted by Crippen LogP contribution is -2.48. The number of benzene rings is 1. The average Bonchev–Trinajstić information content (AvgIpc) is 2.84. The highest BCUT2D eigenvalue weighted by molar-refractivity contribution is 6.30. The Kier molecular flexibility index (Phi) is 6.13. The van der Waals surface area contributed by atoms with Gasteiger partial charge in [-0.2, -0.15) is 0 Å². The first kappa shape index (κ1) is 17.9. The van der Waals surface area contributed by atoms with E-state index in [1.165, 1.54) is 0 Å². The maximum Gasteiger partial charge on any atom is 0.315 e. The molecule has 1 aliphatic heterocycles. The van der Waals surface area contributed by atoms with E-state index in [1.54, 1.807) is 0 Å². The zero-order valence-electron chi connectivity index (χ0n) is 14.1. The molecule has 1 fully saturated rings. The molecule has 1 saturated heterocycles. The Morgan fingerprint density at radius 1 is 1.43 bits per heavy atom. The molecule has 0 bridgehead atoms. The second-order valence-corrected chi connectivity index (χ2v) is 7.35. The van der Waals surface area contributed by atoms with Crippen molar-refractivity contribution in [3.05, 3.63) is 29.3 Å². The molecule has 2 N–H and O–H groups in total. The lowest BCUT2D eigenvalue weighted by molar-refractivity contribution is 0.199. The van der Waals surface area contributed by atoms with Gasteiger partial charge in [-0.05, 0) is 45.4 Å². The summed E-state index contributed by atoms with van der Waals surface area (Å²) in [4.78, 5) is 14.0. The van der Waals surface area contributed by atoms with E-state index in [2.05, 4.69) is 15.5 Å². The molecule has 1 aromatic rings. The van der Waals surface area contributed by atoms with Crippen LogP contribution in [0.4, 0.5) is 4.79 Å². The molecule has 23 heavy (non-hydrogen) atoms. The molecule has 0 aliphatic carbocycles. The van der Waals surface area contributed by atoms with E-state index < -0.39 is 0 Å². The van der Waals surface area contributed by atoms with Crippen molar-refractivity contribution in [3.8, 4) is 5.75 Å². The average molecular weight is 340 g/mol. The SMILES string of the molecule is CC(C)(C)NC(=O)NCCN1CCC(Oc2cccc(Cl)c2)C1. The molecule has 1 atom stereocenters. The first-order valence-electron chi connectivity index (χ1n) is 8.02. The summed E-state index contributed by atoms with van der Waals surface area (Å²) in [5.74, 6) is 0.812. The molecule has 0 radical (unpaired) electrons. The van der Waals surface area contributed by atoms with Crippen LogP contribution in [-0.2, 0) is 0 Å². The summed E-state index contributed by atoms with van der Waals surface area (Å²) < 4.78 is 5.95. The standard InChI is InChI=1S/C17H26ClN3O2/c1-17(2,3)20-16(22)19-8-10-21-9-7-15(12-21)23-14-6-4-5-13(18)11-14/h4-6,11,15H,7-10,12H2,1-3H3,(H2,19,20,22). The van der Waals surface area contributed by atoms with Crippen molar-refractivity contribution in [1.29, 1.82) is 0 Å². The smallest absolute Gasteiger partial charge is 0.315 e. The molecule has 0 aromatic heterocycles. The van der Waals surface area contributed by atoms with Gasteiger partial charge in [-0.3, -0.25) is 4.90 Å². The number of nitrogens with zero attached hydrogens (tertiary/aromatic N) is 1. The Bertz CT molecular complexity index is 531. The lowest BCUT2D eigenvalue weighted by Gasteiger charge is -2.22. The van der Waals surface area contributed by atoms with Crippen molar-refractivity contribution < 1.29 is 9.53 Å². The maximum atomic E-state index is 11.7. The van der Waals surface area contributed by atoms with E-state index in [1.807, 2.05) is 45.0 Å². The second-order valence-electron chi connectivity index (χ2n) is 6.92. The van der Waals surface area contributed by atoms with E-state index in [9.17, 15) is 4.79 Å². The number of carbonyl (C=O) groups excluding carboxylic acids is 1. The normalized spacial score (nSPS) is 18.7. The van der Waals surface area contributed by atoms with Crippen molar-refractivity contribution in [2.75, 3.05) is 26.2 Å². The van der Waals surface area contributed by atoms with Gasteiger partial charge >= 0.3 is 6.03 Å². The predicted molar refractivity (Wildman–Crippen MR) is 93.2 cm³/mol. The fourth-order valence-electron chi connectivity index (χ4n) is 2.54. The molecular weight excluding hydrogens is 314 g/mol. The van der Waals surface area contributed by atoms with Gasteiger partial charge in [-0.1, -0.05) is 17.7 Å². The van der Waals surface area contributed by atoms with E-state index in [-0.39, 0.29) is 17.7 Å². The van der Waals surface area contributed by atoms with Crippen LogP contribution in [0.3, 0.4) is 0 Å². The molecule has 6 heteroatoms. The van der Waals surface area contributed by atoms with Crippen LogP contribution in [-0.4, -0.2) is 48.8 Å². The van der Waals surface area contributed by atoms with Crippen LogP contribution in [0.2, 0.25) is 5.02 Å². The third-order valence-corrected chi connectivity index (χ3v) is 3.77. The first-order valence-corrected chi connectivity index (χ1v) is 8.40. The summed E-state index contributed by atoms with van der Waals surface area (Å²) in [5.41, 5.74) is -0.215. The number of hydrogen-bond donors (Lipinski definition) is 2. The Balaban J connectivity index is 1.66. The molecule has 5 nitrogen and oxygen atoms in total. The maximum absolute atomic E-state index is 11.7. The Hall–Kier alpha value is -1.46. The number of amides is 2. The molecular formula is C17H26ClN3O2. The van der Waals surface area contributed by atoms with Gasteiger partial charge in [0.2, 0.25) is 0 Å². The number of carbonyl (C=O) groups is 1. The molecule has 2 rings (SSSR count). The quantitative estimate of drug-likeness (QED) is 0.867. The topological polar surface area (TPSA) is 53.6 Å². The van der Waals surface area contributed by atoms with Gasteiger partial charge in [0.1, 0.15) is 11.9 Å². The van der Waals surface area contributed by atoms with Crippen molar-refractivity contribution in [1.82, 2.24) is 15.5 Å². The van der Waals surface area contributed by atoms with Crippen LogP contribution < -0.4 is 15.4 Å². The van der Waals surface area contributed by atoms with E-state index in [4.69, 9.17) is 16.3 Å². The van der Waals surface area contributed by atoms with Gasteiger partial charge in [0, 0.05) is 36.7 Å². The predicted octanol–water partition coefficient (Wildman–Crippen LogP) is 2.89. The van der Waals surface area contributed by atoms with E-state index >= 15 is 0 Å². The van der Waals surface area contributed by atoms with Crippen molar-refractivity contribution in [2.24, 2.45) is 0 Å². The molecule has 1 aliphatic rings. The summed E-state index contributed by atoms with van der Waals surface area (Å²) in [6, 6.07) is 7.37. The summed E-state index contributed by atoms with van der Waals surface area (Å²) in [5, 5.41) is 6.46. The highest BCUT2D eigenvalue weighted by Gasteiger charge is 2.23. The monoisotopic (exact) mass is 339 g/mol. The van der Waals surface area contributed by atoms with Gasteiger partial charge in [0.15, 0.2) is 0 Å². The van der Waals surface area contributed by atoms with Crippen LogP contribution in [0, 0.1) is 0 Å². The van der Waals surface area contributed by atoms with Crippen molar-refractivity contribution in [3.63, 3.8) is 0 Å². The molecule has 0 spiro atoms. The van der Waals surface area contributed by atoms with Gasteiger partial charge in [-0.25, -0.2) is 4.79 Å². The number of hydrogen-bond acceptors (Lipinski definition) is 3. The minimum absolute atomic E-state index is 0.122. The van der Waals surface area contributed by atoms with Crippen molar-refractivity contribution in [2.45, 2.75) is 38.8 Å². The van der Waals surface area contributed by atoms with Crippen molar-refractivity contribution >= 4 is 17.6 Å². The number of urea groups is 1. The fraction of sp³-hybridized carbons (Fsp3) is 0.588. The zero-order chi connectivity index (χ0) is 16.9. The number of likely N-dealkylation sites (tertiary alicyclic amines) is 1. The van der Waals surface area contributed by atoms with Crippen LogP contribution in [0.15, 0.2) is 24.3 Å². The summed E-state index contributed by atoms with van der Waals surface area (Å²) in [6.07, 6.45) is 1.16. The van der Waals surface area contributed by atoms with Crippen LogP contribution >= 0.6 is 11.6 Å². The van der Waals surface area contributed by atoms with Gasteiger partial charge < -0.3 is 15.4 Å². The van der Waals surface area contributed by atoms with Crippen LogP contribution in [0.1, 0.15) is 27.2 Å². The number of nitrogens with one attached hydrogen (secondary N) is 2. The molecule has 1 heterocycles. The third kappa shape index (κ3) is 6.67. The van der Waals surface area contributed by atoms with Gasteiger partial charge in [0.25, 0.3) is 0 Å². The molecule has 0 saturated carbocycles. The van der Waals surface area contributed by atoms with Gasteiger partial charge in [-0.15, -0.1) is 0 Å². The minimum atomic E-state index is -0.215. The number of halogens is 1. The second kappa shape index (κ2) is 7.88. The molecule has 1 aromatic carbocycles. The van der Waals surface area contributed by atoms with Crippen LogP contribution in [0.5, 0.6) is 5.75 Å². The largest absolute Gasteiger partial charge is 0.489 e. The Morgan fingerprint density at radius 3 is 2.91 bits per heavy atom. The zero-order valence-corrected chi connectivity index (χ0v) is 14.8. The molecule has 2 amide bonds. The summed E-state index contributed by atoms with van der Waals surface area (Å²) in [6.45, 7) is 9.20. The minimum Gasteiger partial charge on any atom is -0.489 e.